The number of rotatable bonds is 7. The molecule has 1 amide bonds. The van der Waals surface area contributed by atoms with Crippen LogP contribution in [0.5, 0.6) is 0 Å². The van der Waals surface area contributed by atoms with Gasteiger partial charge in [-0.25, -0.2) is 4.39 Å². The summed E-state index contributed by atoms with van der Waals surface area (Å²) >= 11 is 17.5. The van der Waals surface area contributed by atoms with Gasteiger partial charge in [-0.05, 0) is 54.1 Å². The van der Waals surface area contributed by atoms with Gasteiger partial charge in [0.25, 0.3) is 5.91 Å². The topological polar surface area (TPSA) is 59.8 Å². The normalized spacial score (nSPS) is 10.9. The van der Waals surface area contributed by atoms with E-state index in [2.05, 4.69) is 31.4 Å². The summed E-state index contributed by atoms with van der Waals surface area (Å²) in [6.45, 7) is 0.123. The van der Waals surface area contributed by atoms with Gasteiger partial charge in [-0.2, -0.15) is 0 Å². The van der Waals surface area contributed by atoms with Crippen LogP contribution in [0.2, 0.25) is 10.0 Å². The Balaban J connectivity index is 1.61. The molecule has 0 atom stereocenters. The number of thioether (sulfide) groups is 1. The molecule has 0 aliphatic rings. The molecule has 33 heavy (non-hydrogen) atoms. The average Bonchev–Trinajstić information content (AvgIpc) is 3.21. The van der Waals surface area contributed by atoms with Crippen LogP contribution in [0, 0.1) is 5.82 Å². The van der Waals surface area contributed by atoms with Gasteiger partial charge in [0.2, 0.25) is 0 Å². The van der Waals surface area contributed by atoms with Gasteiger partial charge in [-0.15, -0.1) is 10.2 Å². The van der Waals surface area contributed by atoms with Crippen LogP contribution in [0.4, 0.5) is 4.39 Å². The number of amides is 1. The number of benzene rings is 3. The highest BCUT2D eigenvalue weighted by atomic mass is 79.9. The molecule has 10 heteroatoms. The minimum absolute atomic E-state index is 0.123. The van der Waals surface area contributed by atoms with Gasteiger partial charge in [0, 0.05) is 20.8 Å². The Morgan fingerprint density at radius 3 is 2.61 bits per heavy atom. The largest absolute Gasteiger partial charge is 0.345 e. The molecule has 1 heterocycles. The van der Waals surface area contributed by atoms with Gasteiger partial charge >= 0.3 is 0 Å². The number of carbonyl (C=O) groups excluding carboxylic acids is 1. The van der Waals surface area contributed by atoms with Gasteiger partial charge in [-0.1, -0.05) is 69.1 Å². The predicted octanol–water partition coefficient (Wildman–Crippen LogP) is 6.70. The number of nitrogens with zero attached hydrogens (tertiary/aromatic N) is 3. The van der Waals surface area contributed by atoms with Crippen molar-refractivity contribution in [3.63, 3.8) is 0 Å². The molecule has 0 saturated heterocycles. The number of carbonyl (C=O) groups is 1. The van der Waals surface area contributed by atoms with E-state index in [1.54, 1.807) is 53.1 Å². The maximum atomic E-state index is 13.2. The average molecular weight is 566 g/mol. The fourth-order valence-electron chi connectivity index (χ4n) is 3.03. The summed E-state index contributed by atoms with van der Waals surface area (Å²) in [4.78, 5) is 12.6. The van der Waals surface area contributed by atoms with Crippen molar-refractivity contribution in [1.82, 2.24) is 20.1 Å². The minimum atomic E-state index is -0.291. The fraction of sp³-hybridized carbons (Fsp3) is 0.0870. The van der Waals surface area contributed by atoms with Crippen LogP contribution in [-0.4, -0.2) is 20.7 Å². The Labute approximate surface area is 212 Å². The van der Waals surface area contributed by atoms with E-state index in [1.165, 1.54) is 23.9 Å². The van der Waals surface area contributed by atoms with Crippen LogP contribution in [0.25, 0.3) is 5.69 Å². The fourth-order valence-corrected chi connectivity index (χ4v) is 4.71. The molecule has 1 aromatic heterocycles. The number of hydrogen-bond acceptors (Lipinski definition) is 4. The zero-order chi connectivity index (χ0) is 23.4. The molecular weight excluding hydrogens is 550 g/mol. The second kappa shape index (κ2) is 10.7. The van der Waals surface area contributed by atoms with Crippen molar-refractivity contribution in [3.05, 3.63) is 104 Å². The summed E-state index contributed by atoms with van der Waals surface area (Å²) in [6.07, 6.45) is 0. The molecule has 5 nitrogen and oxygen atoms in total. The van der Waals surface area contributed by atoms with Crippen molar-refractivity contribution >= 4 is 56.8 Å². The predicted molar refractivity (Wildman–Crippen MR) is 133 cm³/mol. The highest BCUT2D eigenvalue weighted by Gasteiger charge is 2.18. The molecule has 168 valence electrons. The van der Waals surface area contributed by atoms with Gasteiger partial charge in [0.05, 0.1) is 17.3 Å². The molecule has 4 aromatic rings. The molecule has 0 radical (unpaired) electrons. The van der Waals surface area contributed by atoms with Crippen LogP contribution in [-0.2, 0) is 12.3 Å². The summed E-state index contributed by atoms with van der Waals surface area (Å²) in [6, 6.07) is 18.5. The first-order valence-electron chi connectivity index (χ1n) is 9.71. The van der Waals surface area contributed by atoms with Crippen molar-refractivity contribution in [2.75, 3.05) is 0 Å². The lowest BCUT2D eigenvalue weighted by Gasteiger charge is -2.13. The number of halogens is 4. The molecule has 0 aliphatic carbocycles. The van der Waals surface area contributed by atoms with E-state index in [-0.39, 0.29) is 18.3 Å². The van der Waals surface area contributed by atoms with E-state index < -0.39 is 0 Å². The van der Waals surface area contributed by atoms with E-state index in [0.29, 0.717) is 38.0 Å². The Morgan fingerprint density at radius 2 is 1.85 bits per heavy atom. The lowest BCUT2D eigenvalue weighted by Crippen LogP contribution is -2.24. The summed E-state index contributed by atoms with van der Waals surface area (Å²) < 4.78 is 15.8. The van der Waals surface area contributed by atoms with Crippen molar-refractivity contribution < 1.29 is 9.18 Å². The number of hydrogen-bond donors (Lipinski definition) is 1. The van der Waals surface area contributed by atoms with Crippen LogP contribution < -0.4 is 5.32 Å². The van der Waals surface area contributed by atoms with Crippen molar-refractivity contribution in [3.8, 4) is 5.69 Å². The van der Waals surface area contributed by atoms with E-state index in [0.717, 1.165) is 10.0 Å². The lowest BCUT2D eigenvalue weighted by atomic mass is 10.2. The second-order valence-corrected chi connectivity index (χ2v) is 9.64. The molecule has 0 unspecified atom stereocenters. The Morgan fingerprint density at radius 1 is 1.06 bits per heavy atom. The van der Waals surface area contributed by atoms with Crippen LogP contribution in [0.15, 0.2) is 76.4 Å². The zero-order valence-corrected chi connectivity index (χ0v) is 20.8. The van der Waals surface area contributed by atoms with Crippen molar-refractivity contribution in [2.45, 2.75) is 17.5 Å². The van der Waals surface area contributed by atoms with Crippen molar-refractivity contribution in [1.29, 1.82) is 0 Å². The van der Waals surface area contributed by atoms with Gasteiger partial charge in [0.1, 0.15) is 5.82 Å². The third kappa shape index (κ3) is 5.95. The van der Waals surface area contributed by atoms with Crippen LogP contribution in [0.3, 0.4) is 0 Å². The van der Waals surface area contributed by atoms with Gasteiger partial charge in [-0.3, -0.25) is 9.36 Å². The quantitative estimate of drug-likeness (QED) is 0.253. The molecular formula is C23H16BrCl2FN4OS. The number of aromatic nitrogens is 3. The first kappa shape index (κ1) is 23.8. The third-order valence-electron chi connectivity index (χ3n) is 4.62. The van der Waals surface area contributed by atoms with Gasteiger partial charge < -0.3 is 5.32 Å². The summed E-state index contributed by atoms with van der Waals surface area (Å²) in [5.41, 5.74) is 2.04. The second-order valence-electron chi connectivity index (χ2n) is 6.94. The zero-order valence-electron chi connectivity index (χ0n) is 16.9. The smallest absolute Gasteiger partial charge is 0.251 e. The molecule has 1 N–H and O–H groups in total. The highest BCUT2D eigenvalue weighted by molar-refractivity contribution is 9.10. The standard InChI is InChI=1S/C23H16BrCl2FN4OS/c24-16-3-1-2-15(10-16)22(32)28-12-21-29-30-23(33-13-14-4-7-18(27)8-5-14)31(21)20-11-17(25)6-9-19(20)26/h1-11H,12-13H2,(H,28,32). The Kier molecular flexibility index (Phi) is 7.70. The van der Waals surface area contributed by atoms with Crippen molar-refractivity contribution in [2.24, 2.45) is 0 Å². The summed E-state index contributed by atoms with van der Waals surface area (Å²) in [5, 5.41) is 13.0. The maximum absolute atomic E-state index is 13.2. The third-order valence-corrected chi connectivity index (χ3v) is 6.67. The molecule has 0 bridgehead atoms. The SMILES string of the molecule is O=C(NCc1nnc(SCc2ccc(F)cc2)n1-c1cc(Cl)ccc1Cl)c1cccc(Br)c1. The van der Waals surface area contributed by atoms with Crippen LogP contribution in [0.1, 0.15) is 21.7 Å². The lowest BCUT2D eigenvalue weighted by molar-refractivity contribution is 0.0949. The monoisotopic (exact) mass is 564 g/mol. The maximum Gasteiger partial charge on any atom is 0.251 e. The van der Waals surface area contributed by atoms with E-state index in [4.69, 9.17) is 23.2 Å². The molecule has 0 aliphatic heterocycles. The Bertz CT molecular complexity index is 1300. The van der Waals surface area contributed by atoms with E-state index in [1.807, 2.05) is 6.07 Å². The van der Waals surface area contributed by atoms with Crippen LogP contribution >= 0.6 is 50.9 Å². The van der Waals surface area contributed by atoms with Gasteiger partial charge in [0.15, 0.2) is 11.0 Å². The molecule has 0 fully saturated rings. The number of nitrogens with one attached hydrogen (secondary N) is 1. The minimum Gasteiger partial charge on any atom is -0.345 e. The molecule has 0 spiro atoms. The summed E-state index contributed by atoms with van der Waals surface area (Å²) in [7, 11) is 0. The first-order chi connectivity index (χ1) is 15.9. The first-order valence-corrected chi connectivity index (χ1v) is 12.2. The molecule has 0 saturated carbocycles. The van der Waals surface area contributed by atoms with E-state index >= 15 is 0 Å². The highest BCUT2D eigenvalue weighted by Crippen LogP contribution is 2.31. The molecule has 3 aromatic carbocycles. The molecule has 4 rings (SSSR count). The summed E-state index contributed by atoms with van der Waals surface area (Å²) in [5.74, 6) is 0.495. The Hall–Kier alpha value is -2.39. The van der Waals surface area contributed by atoms with E-state index in [9.17, 15) is 9.18 Å².